The molecule has 3 aromatic rings. The lowest BCUT2D eigenvalue weighted by Crippen LogP contribution is -2.26. The van der Waals surface area contributed by atoms with E-state index in [1.165, 1.54) is 0 Å². The van der Waals surface area contributed by atoms with Crippen molar-refractivity contribution in [3.8, 4) is 11.4 Å². The van der Waals surface area contributed by atoms with E-state index in [0.717, 1.165) is 23.8 Å². The summed E-state index contributed by atoms with van der Waals surface area (Å²) in [5.74, 6) is -1.48. The molecule has 0 unspecified atom stereocenters. The topological polar surface area (TPSA) is 68.0 Å². The van der Waals surface area contributed by atoms with Gasteiger partial charge in [0.2, 0.25) is 11.7 Å². The fourth-order valence-electron chi connectivity index (χ4n) is 2.12. The number of benzene rings is 2. The van der Waals surface area contributed by atoms with Gasteiger partial charge in [-0.25, -0.2) is 8.78 Å². The monoisotopic (exact) mass is 363 g/mol. The average molecular weight is 364 g/mol. The fourth-order valence-corrected chi connectivity index (χ4v) is 2.25. The van der Waals surface area contributed by atoms with Gasteiger partial charge in [0.25, 0.3) is 5.91 Å². The van der Waals surface area contributed by atoms with Crippen molar-refractivity contribution in [3.05, 3.63) is 70.6 Å². The van der Waals surface area contributed by atoms with Crippen LogP contribution in [0.15, 0.2) is 47.0 Å². The summed E-state index contributed by atoms with van der Waals surface area (Å²) in [6.45, 7) is 0.136. The number of hydrogen-bond donors (Lipinski definition) is 1. The Morgan fingerprint density at radius 3 is 2.68 bits per heavy atom. The van der Waals surface area contributed by atoms with Crippen molar-refractivity contribution in [2.75, 3.05) is 6.54 Å². The lowest BCUT2D eigenvalue weighted by molar-refractivity contribution is 0.0949. The van der Waals surface area contributed by atoms with Gasteiger partial charge in [0.1, 0.15) is 11.6 Å². The molecule has 0 aliphatic rings. The van der Waals surface area contributed by atoms with Crippen LogP contribution in [0.3, 0.4) is 0 Å². The molecule has 5 nitrogen and oxygen atoms in total. The molecule has 1 amide bonds. The van der Waals surface area contributed by atoms with Crippen LogP contribution in [-0.4, -0.2) is 22.6 Å². The average Bonchev–Trinajstić information content (AvgIpc) is 3.06. The first-order valence-corrected chi connectivity index (χ1v) is 7.72. The lowest BCUT2D eigenvalue weighted by atomic mass is 10.2. The molecule has 0 radical (unpaired) electrons. The van der Waals surface area contributed by atoms with Gasteiger partial charge < -0.3 is 9.84 Å². The Balaban J connectivity index is 1.58. The van der Waals surface area contributed by atoms with Crippen LogP contribution in [0, 0.1) is 11.6 Å². The van der Waals surface area contributed by atoms with E-state index < -0.39 is 17.5 Å². The Morgan fingerprint density at radius 2 is 1.92 bits per heavy atom. The minimum absolute atomic E-state index is 0.136. The molecular formula is C17H12ClF2N3O2. The van der Waals surface area contributed by atoms with E-state index in [9.17, 15) is 13.6 Å². The smallest absolute Gasteiger partial charge is 0.254 e. The third-order valence-corrected chi connectivity index (χ3v) is 3.62. The zero-order valence-electron chi connectivity index (χ0n) is 12.8. The molecule has 1 N–H and O–H groups in total. The predicted molar refractivity (Wildman–Crippen MR) is 87.1 cm³/mol. The molecule has 0 saturated heterocycles. The van der Waals surface area contributed by atoms with Crippen LogP contribution in [0.4, 0.5) is 8.78 Å². The third-order valence-electron chi connectivity index (χ3n) is 3.37. The first kappa shape index (κ1) is 17.0. The van der Waals surface area contributed by atoms with Crippen molar-refractivity contribution < 1.29 is 18.1 Å². The van der Waals surface area contributed by atoms with Gasteiger partial charge in [0.15, 0.2) is 0 Å². The molecule has 128 valence electrons. The van der Waals surface area contributed by atoms with Gasteiger partial charge in [-0.3, -0.25) is 4.79 Å². The normalized spacial score (nSPS) is 10.7. The largest absolute Gasteiger partial charge is 0.351 e. The minimum atomic E-state index is -0.790. The van der Waals surface area contributed by atoms with Crippen LogP contribution in [0.25, 0.3) is 11.4 Å². The molecule has 2 aromatic carbocycles. The van der Waals surface area contributed by atoms with Gasteiger partial charge >= 0.3 is 0 Å². The van der Waals surface area contributed by atoms with E-state index >= 15 is 0 Å². The summed E-state index contributed by atoms with van der Waals surface area (Å²) < 4.78 is 31.7. The molecule has 1 heterocycles. The zero-order valence-corrected chi connectivity index (χ0v) is 13.6. The summed E-state index contributed by atoms with van der Waals surface area (Å²) in [7, 11) is 0. The number of nitrogens with one attached hydrogen (secondary N) is 1. The second-order valence-corrected chi connectivity index (χ2v) is 5.59. The van der Waals surface area contributed by atoms with Crippen molar-refractivity contribution in [1.29, 1.82) is 0 Å². The second kappa shape index (κ2) is 7.40. The Hall–Kier alpha value is -2.80. The van der Waals surface area contributed by atoms with Crippen LogP contribution < -0.4 is 5.32 Å². The van der Waals surface area contributed by atoms with E-state index in [4.69, 9.17) is 16.1 Å². The van der Waals surface area contributed by atoms with Crippen molar-refractivity contribution >= 4 is 17.5 Å². The maximum atomic E-state index is 13.5. The first-order chi connectivity index (χ1) is 12.0. The van der Waals surface area contributed by atoms with Gasteiger partial charge in [-0.15, -0.1) is 0 Å². The van der Waals surface area contributed by atoms with Crippen LogP contribution in [0.5, 0.6) is 0 Å². The second-order valence-electron chi connectivity index (χ2n) is 5.15. The van der Waals surface area contributed by atoms with Crippen molar-refractivity contribution in [2.24, 2.45) is 0 Å². The van der Waals surface area contributed by atoms with Crippen molar-refractivity contribution in [2.45, 2.75) is 6.42 Å². The molecule has 0 bridgehead atoms. The van der Waals surface area contributed by atoms with Crippen LogP contribution in [0.1, 0.15) is 16.2 Å². The predicted octanol–water partition coefficient (Wildman–Crippen LogP) is 3.64. The van der Waals surface area contributed by atoms with E-state index in [1.54, 1.807) is 24.3 Å². The molecule has 0 aliphatic heterocycles. The summed E-state index contributed by atoms with van der Waals surface area (Å²) >= 11 is 5.82. The Labute approximate surface area is 146 Å². The number of aromatic nitrogens is 2. The number of carbonyl (C=O) groups is 1. The van der Waals surface area contributed by atoms with Gasteiger partial charge in [-0.1, -0.05) is 16.8 Å². The Kier molecular flexibility index (Phi) is 5.04. The number of hydrogen-bond acceptors (Lipinski definition) is 4. The highest BCUT2D eigenvalue weighted by molar-refractivity contribution is 6.30. The first-order valence-electron chi connectivity index (χ1n) is 7.35. The quantitative estimate of drug-likeness (QED) is 0.751. The van der Waals surface area contributed by atoms with Crippen molar-refractivity contribution in [3.63, 3.8) is 0 Å². The van der Waals surface area contributed by atoms with Gasteiger partial charge in [0.05, 0.1) is 5.56 Å². The number of carbonyl (C=O) groups excluding carboxylic acids is 1. The number of amides is 1. The molecule has 25 heavy (non-hydrogen) atoms. The molecule has 0 spiro atoms. The highest BCUT2D eigenvalue weighted by Gasteiger charge is 2.13. The lowest BCUT2D eigenvalue weighted by Gasteiger charge is -2.04. The molecule has 0 fully saturated rings. The zero-order chi connectivity index (χ0) is 17.8. The Morgan fingerprint density at radius 1 is 1.16 bits per heavy atom. The van der Waals surface area contributed by atoms with E-state index in [0.29, 0.717) is 16.7 Å². The van der Waals surface area contributed by atoms with Crippen LogP contribution in [0.2, 0.25) is 5.02 Å². The molecule has 0 saturated carbocycles. The number of halogens is 3. The third kappa shape index (κ3) is 4.19. The highest BCUT2D eigenvalue weighted by atomic mass is 35.5. The fraction of sp³-hybridized carbons (Fsp3) is 0.118. The van der Waals surface area contributed by atoms with Crippen LogP contribution >= 0.6 is 11.6 Å². The number of rotatable bonds is 5. The standard InChI is InChI=1S/C17H12ClF2N3O2/c18-11-3-1-10(2-4-11)16-22-15(25-23-16)7-8-21-17(24)13-9-12(19)5-6-14(13)20/h1-6,9H,7-8H2,(H,21,24). The molecule has 8 heteroatoms. The summed E-state index contributed by atoms with van der Waals surface area (Å²) in [6.07, 6.45) is 0.253. The maximum absolute atomic E-state index is 13.5. The summed E-state index contributed by atoms with van der Waals surface area (Å²) in [5, 5.41) is 6.92. The molecule has 0 atom stereocenters. The van der Waals surface area contributed by atoms with Crippen LogP contribution in [-0.2, 0) is 6.42 Å². The highest BCUT2D eigenvalue weighted by Crippen LogP contribution is 2.18. The maximum Gasteiger partial charge on any atom is 0.254 e. The molecular weight excluding hydrogens is 352 g/mol. The molecule has 1 aromatic heterocycles. The molecule has 3 rings (SSSR count). The van der Waals surface area contributed by atoms with Gasteiger partial charge in [-0.05, 0) is 42.5 Å². The van der Waals surface area contributed by atoms with Gasteiger partial charge in [0, 0.05) is 23.6 Å². The van der Waals surface area contributed by atoms with E-state index in [-0.39, 0.29) is 18.5 Å². The summed E-state index contributed by atoms with van der Waals surface area (Å²) in [5.41, 5.74) is 0.387. The Bertz CT molecular complexity index is 897. The molecule has 0 aliphatic carbocycles. The van der Waals surface area contributed by atoms with E-state index in [1.807, 2.05) is 0 Å². The number of nitrogens with zero attached hydrogens (tertiary/aromatic N) is 2. The van der Waals surface area contributed by atoms with Crippen molar-refractivity contribution in [1.82, 2.24) is 15.5 Å². The SMILES string of the molecule is O=C(NCCc1nc(-c2ccc(Cl)cc2)no1)c1cc(F)ccc1F. The van der Waals surface area contributed by atoms with Gasteiger partial charge in [-0.2, -0.15) is 4.98 Å². The summed E-state index contributed by atoms with van der Waals surface area (Å²) in [4.78, 5) is 16.1. The van der Waals surface area contributed by atoms with E-state index in [2.05, 4.69) is 15.5 Å². The minimum Gasteiger partial charge on any atom is -0.351 e. The summed E-state index contributed by atoms with van der Waals surface area (Å²) in [6, 6.07) is 9.62.